The molecule has 3 heterocycles. The average Bonchev–Trinajstić information content (AvgIpc) is 3.37. The van der Waals surface area contributed by atoms with Crippen LogP contribution < -0.4 is 10.6 Å². The van der Waals surface area contributed by atoms with Gasteiger partial charge in [-0.3, -0.25) is 14.5 Å². The Balaban J connectivity index is 1.40. The third-order valence-electron chi connectivity index (χ3n) is 5.65. The molecule has 2 N–H and O–H groups in total. The zero-order valence-electron chi connectivity index (χ0n) is 16.5. The number of carbonyl (C=O) groups is 2. The fourth-order valence-electron chi connectivity index (χ4n) is 4.13. The van der Waals surface area contributed by atoms with Crippen LogP contribution in [0.3, 0.4) is 0 Å². The number of likely N-dealkylation sites (tertiary alicyclic amines) is 1. The molecular weight excluding hydrogens is 422 g/mol. The Morgan fingerprint density at radius 3 is 2.37 bits per heavy atom. The lowest BCUT2D eigenvalue weighted by Crippen LogP contribution is -2.52. The van der Waals surface area contributed by atoms with E-state index in [-0.39, 0.29) is 29.4 Å². The summed E-state index contributed by atoms with van der Waals surface area (Å²) in [6, 6.07) is 9.62. The molecule has 0 saturated carbocycles. The van der Waals surface area contributed by atoms with E-state index < -0.39 is 15.9 Å². The maximum Gasteiger partial charge on any atom is 0.265 e. The number of anilines is 1. The normalized spacial score (nSPS) is 23.7. The number of nitrogens with one attached hydrogen (secondary N) is 2. The van der Waals surface area contributed by atoms with Gasteiger partial charge in [-0.25, -0.2) is 8.42 Å². The molecule has 0 bridgehead atoms. The Labute approximate surface area is 180 Å². The van der Waals surface area contributed by atoms with Crippen LogP contribution in [0.4, 0.5) is 5.69 Å². The summed E-state index contributed by atoms with van der Waals surface area (Å²) in [6.45, 7) is 1.76. The number of benzene rings is 1. The number of rotatable bonds is 5. The molecule has 0 radical (unpaired) electrons. The Morgan fingerprint density at radius 2 is 1.70 bits per heavy atom. The van der Waals surface area contributed by atoms with Crippen LogP contribution in [-0.2, 0) is 9.84 Å². The first-order chi connectivity index (χ1) is 14.4. The summed E-state index contributed by atoms with van der Waals surface area (Å²) in [5.41, 5.74) is 1.03. The highest BCUT2D eigenvalue weighted by molar-refractivity contribution is 7.91. The van der Waals surface area contributed by atoms with E-state index in [0.717, 1.165) is 25.9 Å². The van der Waals surface area contributed by atoms with Gasteiger partial charge in [-0.1, -0.05) is 12.5 Å². The summed E-state index contributed by atoms with van der Waals surface area (Å²) < 4.78 is 24.5. The van der Waals surface area contributed by atoms with Gasteiger partial charge >= 0.3 is 0 Å². The van der Waals surface area contributed by atoms with Gasteiger partial charge in [0, 0.05) is 17.3 Å². The van der Waals surface area contributed by atoms with Crippen molar-refractivity contribution in [2.45, 2.75) is 31.3 Å². The summed E-state index contributed by atoms with van der Waals surface area (Å²) in [4.78, 5) is 27.7. The summed E-state index contributed by atoms with van der Waals surface area (Å²) in [6.07, 6.45) is 3.30. The lowest BCUT2D eigenvalue weighted by molar-refractivity contribution is 0.0899. The van der Waals surface area contributed by atoms with Gasteiger partial charge in [0.15, 0.2) is 9.84 Å². The van der Waals surface area contributed by atoms with Crippen LogP contribution >= 0.6 is 11.3 Å². The Bertz CT molecular complexity index is 997. The highest BCUT2D eigenvalue weighted by atomic mass is 32.2. The van der Waals surface area contributed by atoms with Gasteiger partial charge in [-0.05, 0) is 61.6 Å². The molecule has 1 aromatic carbocycles. The molecular formula is C21H25N3O4S2. The number of hydrogen-bond acceptors (Lipinski definition) is 6. The molecule has 2 amide bonds. The first-order valence-corrected chi connectivity index (χ1v) is 12.8. The van der Waals surface area contributed by atoms with Crippen LogP contribution in [0.2, 0.25) is 0 Å². The van der Waals surface area contributed by atoms with Crippen molar-refractivity contribution in [2.75, 3.05) is 29.9 Å². The van der Waals surface area contributed by atoms with Crippen molar-refractivity contribution in [2.24, 2.45) is 0 Å². The van der Waals surface area contributed by atoms with Crippen LogP contribution in [0, 0.1) is 0 Å². The predicted octanol–water partition coefficient (Wildman–Crippen LogP) is 2.38. The molecule has 2 fully saturated rings. The standard InChI is InChI=1S/C21H25N3O4S2/c25-20(15-6-8-16(9-7-15)22-21(26)19-5-4-12-29-19)23-17-13-30(27,28)14-18(17)24-10-2-1-3-11-24/h4-9,12,17-18H,1-3,10-11,13-14H2,(H,22,26)(H,23,25). The van der Waals surface area contributed by atoms with Crippen LogP contribution in [0.5, 0.6) is 0 Å². The van der Waals surface area contributed by atoms with Crippen LogP contribution in [0.15, 0.2) is 41.8 Å². The van der Waals surface area contributed by atoms with E-state index >= 15 is 0 Å². The predicted molar refractivity (Wildman–Crippen MR) is 118 cm³/mol. The lowest BCUT2D eigenvalue weighted by Gasteiger charge is -2.35. The highest BCUT2D eigenvalue weighted by Gasteiger charge is 2.41. The van der Waals surface area contributed by atoms with Crippen LogP contribution in [0.25, 0.3) is 0 Å². The maximum absolute atomic E-state index is 12.8. The number of hydrogen-bond donors (Lipinski definition) is 2. The summed E-state index contributed by atoms with van der Waals surface area (Å²) in [7, 11) is -3.17. The molecule has 2 unspecified atom stereocenters. The van der Waals surface area contributed by atoms with Crippen molar-refractivity contribution >= 4 is 38.7 Å². The molecule has 2 atom stereocenters. The highest BCUT2D eigenvalue weighted by Crippen LogP contribution is 2.23. The van der Waals surface area contributed by atoms with E-state index in [1.807, 2.05) is 11.4 Å². The second-order valence-electron chi connectivity index (χ2n) is 7.83. The molecule has 30 heavy (non-hydrogen) atoms. The minimum Gasteiger partial charge on any atom is -0.347 e. The number of amides is 2. The molecule has 2 aliphatic rings. The quantitative estimate of drug-likeness (QED) is 0.734. The van der Waals surface area contributed by atoms with E-state index in [4.69, 9.17) is 0 Å². The Hall–Kier alpha value is -2.23. The molecule has 2 aliphatic heterocycles. The van der Waals surface area contributed by atoms with Crippen molar-refractivity contribution < 1.29 is 18.0 Å². The second-order valence-corrected chi connectivity index (χ2v) is 10.9. The topological polar surface area (TPSA) is 95.6 Å². The van der Waals surface area contributed by atoms with Gasteiger partial charge in [0.05, 0.1) is 22.4 Å². The monoisotopic (exact) mass is 447 g/mol. The molecule has 160 valence electrons. The Kier molecular flexibility index (Phi) is 6.21. The largest absolute Gasteiger partial charge is 0.347 e. The number of carbonyl (C=O) groups excluding carboxylic acids is 2. The average molecular weight is 448 g/mol. The van der Waals surface area contributed by atoms with E-state index in [2.05, 4.69) is 15.5 Å². The van der Waals surface area contributed by atoms with Crippen molar-refractivity contribution in [3.8, 4) is 0 Å². The zero-order chi connectivity index (χ0) is 21.1. The van der Waals surface area contributed by atoms with Crippen molar-refractivity contribution in [3.63, 3.8) is 0 Å². The van der Waals surface area contributed by atoms with E-state index in [9.17, 15) is 18.0 Å². The smallest absolute Gasteiger partial charge is 0.265 e. The maximum atomic E-state index is 12.8. The number of thiophene rings is 1. The fourth-order valence-corrected chi connectivity index (χ4v) is 6.71. The van der Waals surface area contributed by atoms with Gasteiger partial charge in [-0.2, -0.15) is 0 Å². The zero-order valence-corrected chi connectivity index (χ0v) is 18.2. The minimum absolute atomic E-state index is 0.0190. The fraction of sp³-hybridized carbons (Fsp3) is 0.429. The lowest BCUT2D eigenvalue weighted by atomic mass is 10.0. The van der Waals surface area contributed by atoms with Crippen molar-refractivity contribution in [1.82, 2.24) is 10.2 Å². The van der Waals surface area contributed by atoms with Gasteiger partial charge in [0.1, 0.15) is 0 Å². The molecule has 2 saturated heterocycles. The molecule has 4 rings (SSSR count). The molecule has 2 aromatic rings. The molecule has 1 aromatic heterocycles. The van der Waals surface area contributed by atoms with Crippen molar-refractivity contribution in [3.05, 3.63) is 52.2 Å². The van der Waals surface area contributed by atoms with Gasteiger partial charge in [-0.15, -0.1) is 11.3 Å². The van der Waals surface area contributed by atoms with E-state index in [1.165, 1.54) is 17.8 Å². The minimum atomic E-state index is -3.17. The van der Waals surface area contributed by atoms with Gasteiger partial charge in [0.2, 0.25) is 0 Å². The van der Waals surface area contributed by atoms with Gasteiger partial charge in [0.25, 0.3) is 11.8 Å². The SMILES string of the molecule is O=C(NC1CS(=O)(=O)CC1N1CCCCC1)c1ccc(NC(=O)c2cccs2)cc1. The number of piperidine rings is 1. The molecule has 0 aliphatic carbocycles. The molecule has 0 spiro atoms. The first kappa shape index (κ1) is 21.0. The van der Waals surface area contributed by atoms with Crippen molar-refractivity contribution in [1.29, 1.82) is 0 Å². The molecule has 9 heteroatoms. The third-order valence-corrected chi connectivity index (χ3v) is 8.23. The van der Waals surface area contributed by atoms with E-state index in [0.29, 0.717) is 16.1 Å². The van der Waals surface area contributed by atoms with E-state index in [1.54, 1.807) is 30.3 Å². The number of sulfone groups is 1. The third kappa shape index (κ3) is 4.91. The number of nitrogens with zero attached hydrogens (tertiary/aromatic N) is 1. The van der Waals surface area contributed by atoms with Crippen LogP contribution in [0.1, 0.15) is 39.3 Å². The van der Waals surface area contributed by atoms with Gasteiger partial charge < -0.3 is 10.6 Å². The molecule has 7 nitrogen and oxygen atoms in total. The second kappa shape index (κ2) is 8.87. The summed E-state index contributed by atoms with van der Waals surface area (Å²) in [5.74, 6) is -0.404. The van der Waals surface area contributed by atoms with Crippen LogP contribution in [-0.4, -0.2) is 61.8 Å². The summed E-state index contributed by atoms with van der Waals surface area (Å²) >= 11 is 1.36. The first-order valence-electron chi connectivity index (χ1n) is 10.1. The summed E-state index contributed by atoms with van der Waals surface area (Å²) in [5, 5.41) is 7.57. The Morgan fingerprint density at radius 1 is 0.967 bits per heavy atom.